The largest absolute Gasteiger partial charge is 0.486 e. The Bertz CT molecular complexity index is 424. The van der Waals surface area contributed by atoms with Gasteiger partial charge in [-0.15, -0.1) is 0 Å². The number of carbonyl (C=O) groups excluding carboxylic acids is 3. The van der Waals surface area contributed by atoms with E-state index in [1.165, 1.54) is 7.11 Å². The van der Waals surface area contributed by atoms with Crippen LogP contribution < -0.4 is 4.74 Å². The Morgan fingerprint density at radius 3 is 2.28 bits per heavy atom. The van der Waals surface area contributed by atoms with Crippen molar-refractivity contribution in [1.29, 1.82) is 0 Å². The van der Waals surface area contributed by atoms with E-state index < -0.39 is 11.8 Å². The van der Waals surface area contributed by atoms with Gasteiger partial charge in [-0.1, -0.05) is 18.2 Å². The third-order valence-electron chi connectivity index (χ3n) is 2.11. The van der Waals surface area contributed by atoms with Crippen molar-refractivity contribution in [2.24, 2.45) is 0 Å². The topological polar surface area (TPSA) is 69.7 Å². The van der Waals surface area contributed by atoms with Crippen molar-refractivity contribution < 1.29 is 23.9 Å². The maximum Gasteiger partial charge on any atom is 0.313 e. The Morgan fingerprint density at radius 2 is 1.67 bits per heavy atom. The first-order chi connectivity index (χ1) is 8.61. The normalized spacial score (nSPS) is 9.61. The van der Waals surface area contributed by atoms with Crippen molar-refractivity contribution in [2.45, 2.75) is 12.8 Å². The Hall–Kier alpha value is -2.17. The van der Waals surface area contributed by atoms with Gasteiger partial charge in [0.05, 0.1) is 13.5 Å². The second-order valence-electron chi connectivity index (χ2n) is 3.61. The number of carbonyl (C=O) groups is 3. The summed E-state index contributed by atoms with van der Waals surface area (Å²) >= 11 is 0. The van der Waals surface area contributed by atoms with Crippen molar-refractivity contribution in [3.63, 3.8) is 0 Å². The monoisotopic (exact) mass is 250 g/mol. The number of hydrogen-bond donors (Lipinski definition) is 0. The van der Waals surface area contributed by atoms with Crippen LogP contribution in [-0.2, 0) is 19.1 Å². The van der Waals surface area contributed by atoms with Gasteiger partial charge in [0, 0.05) is 0 Å². The molecule has 0 saturated carbocycles. The predicted molar refractivity (Wildman–Crippen MR) is 63.2 cm³/mol. The van der Waals surface area contributed by atoms with E-state index in [0.29, 0.717) is 5.75 Å². The first kappa shape index (κ1) is 13.9. The Balaban J connectivity index is 2.30. The molecule has 18 heavy (non-hydrogen) atoms. The summed E-state index contributed by atoms with van der Waals surface area (Å²) in [4.78, 5) is 33.5. The van der Waals surface area contributed by atoms with Crippen molar-refractivity contribution in [1.82, 2.24) is 0 Å². The number of esters is 1. The molecule has 0 unspecified atom stereocenters. The van der Waals surface area contributed by atoms with Gasteiger partial charge in [0.15, 0.2) is 11.6 Å². The molecular weight excluding hydrogens is 236 g/mol. The highest BCUT2D eigenvalue weighted by atomic mass is 16.5. The van der Waals surface area contributed by atoms with Crippen LogP contribution in [0.15, 0.2) is 30.3 Å². The SMILES string of the molecule is COC(=O)CC(=O)CC(=O)COc1ccccc1. The zero-order valence-corrected chi connectivity index (χ0v) is 10.0. The fraction of sp³-hybridized carbons (Fsp3) is 0.308. The molecule has 0 aliphatic heterocycles. The number of methoxy groups -OCH3 is 1. The number of ether oxygens (including phenoxy) is 2. The summed E-state index contributed by atoms with van der Waals surface area (Å²) in [7, 11) is 1.19. The summed E-state index contributed by atoms with van der Waals surface area (Å²) in [6.07, 6.45) is -0.699. The lowest BCUT2D eigenvalue weighted by Crippen LogP contribution is -2.18. The first-order valence-electron chi connectivity index (χ1n) is 5.40. The molecular formula is C13H14O5. The van der Waals surface area contributed by atoms with E-state index in [0.717, 1.165) is 0 Å². The van der Waals surface area contributed by atoms with Crippen LogP contribution in [0.5, 0.6) is 5.75 Å². The van der Waals surface area contributed by atoms with Gasteiger partial charge in [-0.25, -0.2) is 0 Å². The van der Waals surface area contributed by atoms with Crippen LogP contribution in [-0.4, -0.2) is 31.3 Å². The number of ketones is 2. The lowest BCUT2D eigenvalue weighted by molar-refractivity contribution is -0.143. The van der Waals surface area contributed by atoms with Gasteiger partial charge in [0.2, 0.25) is 0 Å². The zero-order chi connectivity index (χ0) is 13.4. The Morgan fingerprint density at radius 1 is 1.00 bits per heavy atom. The highest BCUT2D eigenvalue weighted by molar-refractivity contribution is 6.05. The molecule has 1 aromatic carbocycles. The summed E-state index contributed by atoms with van der Waals surface area (Å²) in [5.41, 5.74) is 0. The minimum atomic E-state index is -0.642. The molecule has 5 nitrogen and oxygen atoms in total. The molecule has 0 aliphatic rings. The molecule has 0 spiro atoms. The smallest absolute Gasteiger partial charge is 0.313 e. The Labute approximate surface area is 105 Å². The summed E-state index contributed by atoms with van der Waals surface area (Å²) in [6, 6.07) is 8.81. The van der Waals surface area contributed by atoms with E-state index >= 15 is 0 Å². The molecule has 5 heteroatoms. The average Bonchev–Trinajstić information content (AvgIpc) is 2.37. The van der Waals surface area contributed by atoms with Crippen molar-refractivity contribution in [3.8, 4) is 5.75 Å². The number of hydrogen-bond acceptors (Lipinski definition) is 5. The van der Waals surface area contributed by atoms with Crippen LogP contribution >= 0.6 is 0 Å². The van der Waals surface area contributed by atoms with Gasteiger partial charge in [0.1, 0.15) is 18.8 Å². The second-order valence-corrected chi connectivity index (χ2v) is 3.61. The van der Waals surface area contributed by atoms with E-state index in [1.807, 2.05) is 6.07 Å². The summed E-state index contributed by atoms with van der Waals surface area (Å²) in [5, 5.41) is 0. The fourth-order valence-corrected chi connectivity index (χ4v) is 1.25. The van der Waals surface area contributed by atoms with Crippen LogP contribution in [0.2, 0.25) is 0 Å². The Kier molecular flexibility index (Phi) is 5.57. The first-order valence-corrected chi connectivity index (χ1v) is 5.40. The van der Waals surface area contributed by atoms with Crippen molar-refractivity contribution in [2.75, 3.05) is 13.7 Å². The van der Waals surface area contributed by atoms with E-state index in [2.05, 4.69) is 4.74 Å². The molecule has 96 valence electrons. The van der Waals surface area contributed by atoms with Gasteiger partial charge in [0.25, 0.3) is 0 Å². The molecule has 1 aromatic rings. The molecule has 1 rings (SSSR count). The van der Waals surface area contributed by atoms with Crippen molar-refractivity contribution >= 4 is 17.5 Å². The highest BCUT2D eigenvalue weighted by Gasteiger charge is 2.14. The number of Topliss-reactive ketones (excluding diaryl/α,β-unsaturated/α-hetero) is 2. The van der Waals surface area contributed by atoms with Gasteiger partial charge in [-0.2, -0.15) is 0 Å². The lowest BCUT2D eigenvalue weighted by atomic mass is 10.1. The number of benzene rings is 1. The van der Waals surface area contributed by atoms with Crippen LogP contribution in [0.25, 0.3) is 0 Å². The number of para-hydroxylation sites is 1. The van der Waals surface area contributed by atoms with Gasteiger partial charge >= 0.3 is 5.97 Å². The zero-order valence-electron chi connectivity index (χ0n) is 10.0. The van der Waals surface area contributed by atoms with Crippen LogP contribution in [0.1, 0.15) is 12.8 Å². The van der Waals surface area contributed by atoms with E-state index in [9.17, 15) is 14.4 Å². The number of rotatable bonds is 7. The molecule has 0 aromatic heterocycles. The summed E-state index contributed by atoms with van der Waals surface area (Å²) in [6.45, 7) is -0.184. The van der Waals surface area contributed by atoms with Crippen LogP contribution in [0.4, 0.5) is 0 Å². The molecule has 0 fully saturated rings. The van der Waals surface area contributed by atoms with E-state index in [1.54, 1.807) is 24.3 Å². The highest BCUT2D eigenvalue weighted by Crippen LogP contribution is 2.08. The fourth-order valence-electron chi connectivity index (χ4n) is 1.25. The van der Waals surface area contributed by atoms with Crippen molar-refractivity contribution in [3.05, 3.63) is 30.3 Å². The molecule has 0 bridgehead atoms. The predicted octanol–water partition coefficient (Wildman–Crippen LogP) is 1.16. The third-order valence-corrected chi connectivity index (χ3v) is 2.11. The van der Waals surface area contributed by atoms with Gasteiger partial charge < -0.3 is 9.47 Å². The molecule has 0 atom stereocenters. The van der Waals surface area contributed by atoms with Gasteiger partial charge in [-0.05, 0) is 12.1 Å². The molecule has 0 saturated heterocycles. The molecule has 0 heterocycles. The van der Waals surface area contributed by atoms with Crippen LogP contribution in [0.3, 0.4) is 0 Å². The molecule has 0 N–H and O–H groups in total. The minimum absolute atomic E-state index is 0.184. The van der Waals surface area contributed by atoms with E-state index in [-0.39, 0.29) is 25.2 Å². The van der Waals surface area contributed by atoms with Crippen LogP contribution in [0, 0.1) is 0 Å². The average molecular weight is 250 g/mol. The molecule has 0 radical (unpaired) electrons. The van der Waals surface area contributed by atoms with E-state index in [4.69, 9.17) is 4.74 Å². The van der Waals surface area contributed by atoms with Gasteiger partial charge in [-0.3, -0.25) is 14.4 Å². The summed E-state index contributed by atoms with van der Waals surface area (Å²) in [5.74, 6) is -0.917. The minimum Gasteiger partial charge on any atom is -0.486 e. The third kappa shape index (κ3) is 5.25. The molecule has 0 aliphatic carbocycles. The lowest BCUT2D eigenvalue weighted by Gasteiger charge is -2.04. The maximum atomic E-state index is 11.4. The quantitative estimate of drug-likeness (QED) is 0.536. The standard InChI is InChI=1S/C13H14O5/c1-17-13(16)8-10(14)7-11(15)9-18-12-5-3-2-4-6-12/h2-6H,7-9H2,1H3. The molecule has 0 amide bonds. The maximum absolute atomic E-state index is 11.4. The summed E-state index contributed by atoms with van der Waals surface area (Å²) < 4.78 is 9.51. The second kappa shape index (κ2) is 7.21.